The SMILES string of the molecule is CCN1CCN(C(C)C(=O)Nc2cccc(C(=O)N(CC)CC)c2)CC1. The molecule has 0 bridgehead atoms. The number of likely N-dealkylation sites (N-methyl/N-ethyl adjacent to an activating group) is 1. The second-order valence-electron chi connectivity index (χ2n) is 6.69. The molecule has 1 N–H and O–H groups in total. The standard InChI is InChI=1S/C20H32N4O2/c1-5-22-11-13-24(14-12-22)16(4)19(25)21-18-10-8-9-17(15-18)20(26)23(6-2)7-3/h8-10,15-16H,5-7,11-14H2,1-4H3,(H,21,25). The predicted molar refractivity (Wildman–Crippen MR) is 105 cm³/mol. The molecule has 0 spiro atoms. The highest BCUT2D eigenvalue weighted by Crippen LogP contribution is 2.15. The molecule has 1 aliphatic rings. The molecule has 1 atom stereocenters. The van der Waals surface area contributed by atoms with Crippen molar-refractivity contribution < 1.29 is 9.59 Å². The number of carbonyl (C=O) groups is 2. The molecule has 1 fully saturated rings. The molecule has 0 aromatic heterocycles. The highest BCUT2D eigenvalue weighted by Gasteiger charge is 2.25. The number of nitrogens with one attached hydrogen (secondary N) is 1. The number of hydrogen-bond acceptors (Lipinski definition) is 4. The Morgan fingerprint density at radius 3 is 2.35 bits per heavy atom. The van der Waals surface area contributed by atoms with Gasteiger partial charge in [0, 0.05) is 50.5 Å². The van der Waals surface area contributed by atoms with Crippen LogP contribution in [0.3, 0.4) is 0 Å². The maximum atomic E-state index is 12.6. The summed E-state index contributed by atoms with van der Waals surface area (Å²) in [6.07, 6.45) is 0. The number of carbonyl (C=O) groups excluding carboxylic acids is 2. The van der Waals surface area contributed by atoms with E-state index in [0.29, 0.717) is 24.3 Å². The minimum atomic E-state index is -0.184. The van der Waals surface area contributed by atoms with Gasteiger partial charge in [-0.15, -0.1) is 0 Å². The molecule has 1 aliphatic heterocycles. The van der Waals surface area contributed by atoms with Crippen molar-refractivity contribution in [3.63, 3.8) is 0 Å². The first kappa shape index (κ1) is 20.4. The largest absolute Gasteiger partial charge is 0.339 e. The first-order valence-electron chi connectivity index (χ1n) is 9.66. The van der Waals surface area contributed by atoms with Gasteiger partial charge in [-0.1, -0.05) is 13.0 Å². The van der Waals surface area contributed by atoms with Gasteiger partial charge in [0.2, 0.25) is 5.91 Å². The Morgan fingerprint density at radius 1 is 1.12 bits per heavy atom. The van der Waals surface area contributed by atoms with E-state index < -0.39 is 0 Å². The Hall–Kier alpha value is -1.92. The fourth-order valence-corrected chi connectivity index (χ4v) is 3.30. The Morgan fingerprint density at radius 2 is 1.77 bits per heavy atom. The molecule has 2 amide bonds. The lowest BCUT2D eigenvalue weighted by atomic mass is 10.1. The third-order valence-corrected chi connectivity index (χ3v) is 5.21. The average molecular weight is 361 g/mol. The van der Waals surface area contributed by atoms with E-state index in [-0.39, 0.29) is 17.9 Å². The highest BCUT2D eigenvalue weighted by atomic mass is 16.2. The van der Waals surface area contributed by atoms with Crippen LogP contribution in [-0.2, 0) is 4.79 Å². The number of anilines is 1. The predicted octanol–water partition coefficient (Wildman–Crippen LogP) is 2.13. The van der Waals surface area contributed by atoms with Crippen molar-refractivity contribution >= 4 is 17.5 Å². The summed E-state index contributed by atoms with van der Waals surface area (Å²) in [5.41, 5.74) is 1.28. The Labute approximate surface area is 157 Å². The highest BCUT2D eigenvalue weighted by molar-refractivity contribution is 5.98. The van der Waals surface area contributed by atoms with Gasteiger partial charge in [-0.2, -0.15) is 0 Å². The molecule has 0 radical (unpaired) electrons. The van der Waals surface area contributed by atoms with Crippen LogP contribution >= 0.6 is 0 Å². The van der Waals surface area contributed by atoms with Crippen LogP contribution in [-0.4, -0.2) is 78.4 Å². The second-order valence-corrected chi connectivity index (χ2v) is 6.69. The second kappa shape index (κ2) is 9.69. The lowest BCUT2D eigenvalue weighted by Gasteiger charge is -2.36. The van der Waals surface area contributed by atoms with E-state index in [9.17, 15) is 9.59 Å². The molecule has 0 aliphatic carbocycles. The van der Waals surface area contributed by atoms with E-state index in [0.717, 1.165) is 32.7 Å². The normalized spacial score (nSPS) is 16.9. The minimum absolute atomic E-state index is 0.00478. The van der Waals surface area contributed by atoms with Gasteiger partial charge in [0.1, 0.15) is 0 Å². The van der Waals surface area contributed by atoms with Gasteiger partial charge >= 0.3 is 0 Å². The average Bonchev–Trinajstić information content (AvgIpc) is 2.68. The van der Waals surface area contributed by atoms with Gasteiger partial charge in [0.25, 0.3) is 5.91 Å². The van der Waals surface area contributed by atoms with E-state index >= 15 is 0 Å². The molecule has 0 saturated carbocycles. The molecule has 6 nitrogen and oxygen atoms in total. The summed E-state index contributed by atoms with van der Waals surface area (Å²) in [5, 5.41) is 2.97. The summed E-state index contributed by atoms with van der Waals surface area (Å²) < 4.78 is 0. The molecule has 1 unspecified atom stereocenters. The molecule has 1 aromatic carbocycles. The van der Waals surface area contributed by atoms with Gasteiger partial charge in [0.05, 0.1) is 6.04 Å². The monoisotopic (exact) mass is 360 g/mol. The zero-order valence-electron chi connectivity index (χ0n) is 16.5. The van der Waals surface area contributed by atoms with Crippen molar-refractivity contribution in [2.75, 3.05) is 51.1 Å². The number of amides is 2. The summed E-state index contributed by atoms with van der Waals surface area (Å²) in [5.74, 6) is -0.0304. The number of piperazine rings is 1. The number of hydrogen-bond donors (Lipinski definition) is 1. The van der Waals surface area contributed by atoms with Crippen molar-refractivity contribution in [3.05, 3.63) is 29.8 Å². The lowest BCUT2D eigenvalue weighted by molar-refractivity contribution is -0.121. The minimum Gasteiger partial charge on any atom is -0.339 e. The van der Waals surface area contributed by atoms with Crippen LogP contribution in [0.5, 0.6) is 0 Å². The molecule has 6 heteroatoms. The molecule has 1 saturated heterocycles. The summed E-state index contributed by atoms with van der Waals surface area (Å²) in [6, 6.07) is 7.02. The number of rotatable bonds is 7. The van der Waals surface area contributed by atoms with Gasteiger partial charge in [-0.3, -0.25) is 14.5 Å². The van der Waals surface area contributed by atoms with E-state index in [2.05, 4.69) is 22.0 Å². The first-order chi connectivity index (χ1) is 12.5. The fraction of sp³-hybridized carbons (Fsp3) is 0.600. The zero-order chi connectivity index (χ0) is 19.1. The summed E-state index contributed by atoms with van der Waals surface area (Å²) >= 11 is 0. The van der Waals surface area contributed by atoms with Crippen LogP contribution in [0.2, 0.25) is 0 Å². The smallest absolute Gasteiger partial charge is 0.253 e. The third kappa shape index (κ3) is 5.05. The van der Waals surface area contributed by atoms with Crippen molar-refractivity contribution in [2.45, 2.75) is 33.7 Å². The summed E-state index contributed by atoms with van der Waals surface area (Å²) in [6.45, 7) is 14.3. The van der Waals surface area contributed by atoms with Gasteiger partial charge in [-0.05, 0) is 45.5 Å². The molecule has 26 heavy (non-hydrogen) atoms. The number of nitrogens with zero attached hydrogens (tertiary/aromatic N) is 3. The van der Waals surface area contributed by atoms with Crippen molar-refractivity contribution in [3.8, 4) is 0 Å². The van der Waals surface area contributed by atoms with Crippen molar-refractivity contribution in [1.29, 1.82) is 0 Å². The molecule has 1 aromatic rings. The summed E-state index contributed by atoms with van der Waals surface area (Å²) in [4.78, 5) is 31.5. The summed E-state index contributed by atoms with van der Waals surface area (Å²) in [7, 11) is 0. The van der Waals surface area contributed by atoms with Crippen LogP contribution < -0.4 is 5.32 Å². The molecular formula is C20H32N4O2. The van der Waals surface area contributed by atoms with Crippen molar-refractivity contribution in [2.24, 2.45) is 0 Å². The van der Waals surface area contributed by atoms with Crippen LogP contribution in [0.15, 0.2) is 24.3 Å². The van der Waals surface area contributed by atoms with Crippen molar-refractivity contribution in [1.82, 2.24) is 14.7 Å². The quantitative estimate of drug-likeness (QED) is 0.809. The molecule has 144 valence electrons. The van der Waals surface area contributed by atoms with Crippen LogP contribution in [0.1, 0.15) is 38.1 Å². The zero-order valence-corrected chi connectivity index (χ0v) is 16.5. The van der Waals surface area contributed by atoms with E-state index in [1.54, 1.807) is 17.0 Å². The Balaban J connectivity index is 1.98. The lowest BCUT2D eigenvalue weighted by Crippen LogP contribution is -2.52. The van der Waals surface area contributed by atoms with Crippen LogP contribution in [0.4, 0.5) is 5.69 Å². The third-order valence-electron chi connectivity index (χ3n) is 5.21. The van der Waals surface area contributed by atoms with E-state index in [4.69, 9.17) is 0 Å². The Bertz CT molecular complexity index is 608. The first-order valence-corrected chi connectivity index (χ1v) is 9.66. The molecule has 1 heterocycles. The number of benzene rings is 1. The van der Waals surface area contributed by atoms with Gasteiger partial charge in [-0.25, -0.2) is 0 Å². The topological polar surface area (TPSA) is 55.9 Å². The molecule has 2 rings (SSSR count). The van der Waals surface area contributed by atoms with Crippen LogP contribution in [0.25, 0.3) is 0 Å². The molecular weight excluding hydrogens is 328 g/mol. The maximum Gasteiger partial charge on any atom is 0.253 e. The van der Waals surface area contributed by atoms with Crippen LogP contribution in [0, 0.1) is 0 Å². The van der Waals surface area contributed by atoms with Gasteiger partial charge < -0.3 is 15.1 Å². The maximum absolute atomic E-state index is 12.6. The van der Waals surface area contributed by atoms with E-state index in [1.165, 1.54) is 0 Å². The van der Waals surface area contributed by atoms with E-state index in [1.807, 2.05) is 32.9 Å². The fourth-order valence-electron chi connectivity index (χ4n) is 3.30. The Kier molecular flexibility index (Phi) is 7.60. The van der Waals surface area contributed by atoms with Gasteiger partial charge in [0.15, 0.2) is 0 Å².